The van der Waals surface area contributed by atoms with Crippen molar-refractivity contribution in [3.8, 4) is 11.1 Å². The molecule has 1 saturated heterocycles. The highest BCUT2D eigenvalue weighted by atomic mass is 16.7. The molecule has 0 spiro atoms. The summed E-state index contributed by atoms with van der Waals surface area (Å²) in [5.41, 5.74) is 6.66. The van der Waals surface area contributed by atoms with Gasteiger partial charge in [-0.3, -0.25) is 0 Å². The van der Waals surface area contributed by atoms with Crippen LogP contribution in [0.15, 0.2) is 42.5 Å². The van der Waals surface area contributed by atoms with Crippen molar-refractivity contribution in [1.29, 1.82) is 0 Å². The summed E-state index contributed by atoms with van der Waals surface area (Å²) in [5, 5.41) is 0. The predicted octanol–water partition coefficient (Wildman–Crippen LogP) is 8.20. The van der Waals surface area contributed by atoms with E-state index in [2.05, 4.69) is 63.2 Å². The van der Waals surface area contributed by atoms with Gasteiger partial charge < -0.3 is 9.47 Å². The van der Waals surface area contributed by atoms with Crippen molar-refractivity contribution in [3.63, 3.8) is 0 Å². The Morgan fingerprint density at radius 1 is 0.742 bits per heavy atom. The lowest BCUT2D eigenvalue weighted by Gasteiger charge is -2.29. The predicted molar refractivity (Wildman–Crippen MR) is 129 cm³/mol. The molecule has 0 N–H and O–H groups in total. The molecule has 2 aliphatic rings. The highest BCUT2D eigenvalue weighted by Gasteiger charge is 2.24. The number of ether oxygens (including phenoxy) is 2. The summed E-state index contributed by atoms with van der Waals surface area (Å²) in [6.45, 7) is 8.41. The van der Waals surface area contributed by atoms with Crippen LogP contribution < -0.4 is 0 Å². The third-order valence-corrected chi connectivity index (χ3v) is 7.42. The van der Waals surface area contributed by atoms with E-state index in [1.807, 2.05) is 0 Å². The van der Waals surface area contributed by atoms with Crippen LogP contribution in [0.4, 0.5) is 0 Å². The van der Waals surface area contributed by atoms with E-state index < -0.39 is 0 Å². The molecular weight excluding hydrogens is 380 g/mol. The molecule has 1 heterocycles. The van der Waals surface area contributed by atoms with Gasteiger partial charge in [-0.2, -0.15) is 0 Å². The van der Waals surface area contributed by atoms with E-state index in [1.54, 1.807) is 5.56 Å². The minimum absolute atomic E-state index is 0.214. The molecule has 168 valence electrons. The molecule has 0 radical (unpaired) electrons. The monoisotopic (exact) mass is 420 g/mol. The third kappa shape index (κ3) is 5.59. The molecule has 2 fully saturated rings. The van der Waals surface area contributed by atoms with Gasteiger partial charge in [0.2, 0.25) is 0 Å². The highest BCUT2D eigenvalue weighted by Crippen LogP contribution is 2.39. The first-order valence-corrected chi connectivity index (χ1v) is 12.6. The fourth-order valence-corrected chi connectivity index (χ4v) is 5.59. The first-order valence-electron chi connectivity index (χ1n) is 12.6. The molecule has 0 atom stereocenters. The second-order valence-electron chi connectivity index (χ2n) is 9.86. The van der Waals surface area contributed by atoms with Gasteiger partial charge in [0.05, 0.1) is 13.2 Å². The molecule has 2 heteroatoms. The molecule has 31 heavy (non-hydrogen) atoms. The van der Waals surface area contributed by atoms with Crippen LogP contribution in [-0.2, 0) is 9.47 Å². The Morgan fingerprint density at radius 2 is 1.35 bits per heavy atom. The molecule has 2 aromatic rings. The standard InChI is InChI=1S/C29H40O2/c1-4-6-22-8-10-24(11-9-22)27-16-17-28(21(3)18-27)25-12-14-26(15-13-25)29-30-19-23(7-5-2)20-31-29/h12-18,22-24,29H,4-11,19-20H2,1-3H3/t22?,23-,24?,29-. The summed E-state index contributed by atoms with van der Waals surface area (Å²) in [6, 6.07) is 15.9. The lowest BCUT2D eigenvalue weighted by atomic mass is 9.77. The fourth-order valence-electron chi connectivity index (χ4n) is 5.59. The molecule has 2 nitrogen and oxygen atoms in total. The maximum absolute atomic E-state index is 5.98. The van der Waals surface area contributed by atoms with E-state index >= 15 is 0 Å². The van der Waals surface area contributed by atoms with Crippen molar-refractivity contribution in [3.05, 3.63) is 59.2 Å². The average molecular weight is 421 g/mol. The largest absolute Gasteiger partial charge is 0.348 e. The third-order valence-electron chi connectivity index (χ3n) is 7.42. The zero-order chi connectivity index (χ0) is 21.6. The number of hydrogen-bond acceptors (Lipinski definition) is 2. The van der Waals surface area contributed by atoms with Gasteiger partial charge >= 0.3 is 0 Å². The first kappa shape index (κ1) is 22.6. The topological polar surface area (TPSA) is 18.5 Å². The molecular formula is C29H40O2. The van der Waals surface area contributed by atoms with Gasteiger partial charge in [0, 0.05) is 11.5 Å². The quantitative estimate of drug-likeness (QED) is 0.449. The van der Waals surface area contributed by atoms with E-state index in [4.69, 9.17) is 9.47 Å². The van der Waals surface area contributed by atoms with Crippen LogP contribution in [0.2, 0.25) is 0 Å². The molecule has 1 saturated carbocycles. The van der Waals surface area contributed by atoms with E-state index in [-0.39, 0.29) is 6.29 Å². The van der Waals surface area contributed by atoms with Crippen LogP contribution >= 0.6 is 0 Å². The summed E-state index contributed by atoms with van der Waals surface area (Å²) >= 11 is 0. The normalized spacial score (nSPS) is 26.7. The Bertz CT molecular complexity index is 809. The summed E-state index contributed by atoms with van der Waals surface area (Å²) < 4.78 is 12.0. The Hall–Kier alpha value is -1.64. The van der Waals surface area contributed by atoms with Gasteiger partial charge in [0.25, 0.3) is 0 Å². The van der Waals surface area contributed by atoms with E-state index in [0.29, 0.717) is 5.92 Å². The lowest BCUT2D eigenvalue weighted by Crippen LogP contribution is -2.26. The molecule has 2 aromatic carbocycles. The van der Waals surface area contributed by atoms with Crippen molar-refractivity contribution in [1.82, 2.24) is 0 Å². The number of rotatable bonds is 7. The summed E-state index contributed by atoms with van der Waals surface area (Å²) in [7, 11) is 0. The second kappa shape index (κ2) is 10.8. The van der Waals surface area contributed by atoms with Crippen LogP contribution in [0.25, 0.3) is 11.1 Å². The van der Waals surface area contributed by atoms with Crippen LogP contribution in [-0.4, -0.2) is 13.2 Å². The van der Waals surface area contributed by atoms with Crippen LogP contribution in [0.5, 0.6) is 0 Å². The summed E-state index contributed by atoms with van der Waals surface area (Å²) in [5.74, 6) is 2.26. The van der Waals surface area contributed by atoms with Gasteiger partial charge in [-0.15, -0.1) is 0 Å². The number of hydrogen-bond donors (Lipinski definition) is 0. The first-order chi connectivity index (χ1) is 15.2. The maximum Gasteiger partial charge on any atom is 0.183 e. The van der Waals surface area contributed by atoms with Crippen molar-refractivity contribution >= 4 is 0 Å². The van der Waals surface area contributed by atoms with Crippen LogP contribution in [0.1, 0.15) is 94.1 Å². The smallest absolute Gasteiger partial charge is 0.183 e. The Balaban J connectivity index is 1.39. The Morgan fingerprint density at radius 3 is 1.97 bits per heavy atom. The number of benzene rings is 2. The van der Waals surface area contributed by atoms with E-state index in [1.165, 1.54) is 68.1 Å². The molecule has 0 bridgehead atoms. The van der Waals surface area contributed by atoms with Gasteiger partial charge in [-0.1, -0.05) is 75.6 Å². The fraction of sp³-hybridized carbons (Fsp3) is 0.586. The van der Waals surface area contributed by atoms with Crippen LogP contribution in [0, 0.1) is 18.8 Å². The van der Waals surface area contributed by atoms with Crippen molar-refractivity contribution in [2.45, 2.75) is 84.3 Å². The van der Waals surface area contributed by atoms with Gasteiger partial charge in [0.15, 0.2) is 6.29 Å². The Kier molecular flexibility index (Phi) is 7.85. The zero-order valence-corrected chi connectivity index (χ0v) is 19.7. The van der Waals surface area contributed by atoms with Crippen molar-refractivity contribution in [2.24, 2.45) is 11.8 Å². The van der Waals surface area contributed by atoms with Crippen molar-refractivity contribution < 1.29 is 9.47 Å². The molecule has 0 amide bonds. The molecule has 1 aliphatic carbocycles. The SMILES string of the molecule is CCCC1CCC(c2ccc(-c3ccc([C@H]4OC[C@H](CCC)CO4)cc3)c(C)c2)CC1. The molecule has 1 aliphatic heterocycles. The highest BCUT2D eigenvalue weighted by molar-refractivity contribution is 5.68. The molecule has 0 aromatic heterocycles. The lowest BCUT2D eigenvalue weighted by molar-refractivity contribution is -0.206. The summed E-state index contributed by atoms with van der Waals surface area (Å²) in [4.78, 5) is 0. The minimum Gasteiger partial charge on any atom is -0.348 e. The second-order valence-corrected chi connectivity index (χ2v) is 9.86. The van der Waals surface area contributed by atoms with Gasteiger partial charge in [-0.05, 0) is 73.1 Å². The average Bonchev–Trinajstić information content (AvgIpc) is 2.81. The molecule has 0 unspecified atom stereocenters. The van der Waals surface area contributed by atoms with Gasteiger partial charge in [-0.25, -0.2) is 0 Å². The maximum atomic E-state index is 5.98. The Labute approximate surface area is 189 Å². The van der Waals surface area contributed by atoms with E-state index in [9.17, 15) is 0 Å². The van der Waals surface area contributed by atoms with Crippen LogP contribution in [0.3, 0.4) is 0 Å². The zero-order valence-electron chi connectivity index (χ0n) is 19.7. The van der Waals surface area contributed by atoms with Crippen molar-refractivity contribution in [2.75, 3.05) is 13.2 Å². The minimum atomic E-state index is -0.214. The van der Waals surface area contributed by atoms with E-state index in [0.717, 1.165) is 30.6 Å². The number of aryl methyl sites for hydroxylation is 1. The molecule has 4 rings (SSSR count). The van der Waals surface area contributed by atoms with Gasteiger partial charge in [0.1, 0.15) is 0 Å². The summed E-state index contributed by atoms with van der Waals surface area (Å²) in [6.07, 6.45) is 10.4.